The maximum atomic E-state index is 15.0. The molecule has 1 fully saturated rings. The molecule has 0 unspecified atom stereocenters. The van der Waals surface area contributed by atoms with Gasteiger partial charge in [0, 0.05) is 42.7 Å². The van der Waals surface area contributed by atoms with Crippen LogP contribution in [0.3, 0.4) is 0 Å². The first-order valence-corrected chi connectivity index (χ1v) is 11.7. The molecule has 1 saturated heterocycles. The molecule has 38 heavy (non-hydrogen) atoms. The lowest BCUT2D eigenvalue weighted by Gasteiger charge is -2.35. The number of ether oxygens (including phenoxy) is 2. The van der Waals surface area contributed by atoms with Crippen LogP contribution < -0.4 is 20.1 Å². The highest BCUT2D eigenvalue weighted by Crippen LogP contribution is 2.28. The number of rotatable bonds is 7. The Labute approximate surface area is 230 Å². The number of nitrogens with zero attached hydrogens (tertiary/aromatic N) is 3. The number of alkyl halides is 1. The SMILES string of the molecule is COc1cc(F)c2ncc(F)c(CCN3CC[C@@H](NCc4ccc5c(n4)NC(=O)CO5)[C@@H](F)C3)c2c1.Cl.Cl. The van der Waals surface area contributed by atoms with Crippen LogP contribution in [0.4, 0.5) is 19.0 Å². The standard InChI is InChI=1S/C25H26F3N5O3.2ClH/c1-35-15-8-17-16(19(27)11-30-24(17)18(26)9-15)4-6-33-7-5-21(20(28)12-33)29-10-14-2-3-22-25(31-14)32-23(34)13-36-22;;/h2-3,8-9,11,20-21,29H,4-7,10,12-13H2,1H3,(H,31,32,34);2*1H/t20-,21+;;/m0../s1. The fourth-order valence-corrected chi connectivity index (χ4v) is 4.64. The molecule has 2 aliphatic heterocycles. The van der Waals surface area contributed by atoms with Gasteiger partial charge in [0.25, 0.3) is 5.91 Å². The molecule has 1 aromatic carbocycles. The van der Waals surface area contributed by atoms with E-state index < -0.39 is 17.8 Å². The van der Waals surface area contributed by atoms with Crippen molar-refractivity contribution in [3.63, 3.8) is 0 Å². The maximum Gasteiger partial charge on any atom is 0.263 e. The van der Waals surface area contributed by atoms with Gasteiger partial charge < -0.3 is 20.1 Å². The van der Waals surface area contributed by atoms with Crippen LogP contribution >= 0.6 is 24.8 Å². The van der Waals surface area contributed by atoms with Crippen molar-refractivity contribution in [1.82, 2.24) is 20.2 Å². The predicted molar refractivity (Wildman–Crippen MR) is 141 cm³/mol. The van der Waals surface area contributed by atoms with E-state index in [9.17, 15) is 18.0 Å². The van der Waals surface area contributed by atoms with Crippen molar-refractivity contribution in [3.05, 3.63) is 53.4 Å². The fraction of sp³-hybridized carbons (Fsp3) is 0.400. The number of methoxy groups -OCH3 is 1. The van der Waals surface area contributed by atoms with Gasteiger partial charge in [-0.05, 0) is 37.6 Å². The number of hydrogen-bond donors (Lipinski definition) is 2. The number of carbonyl (C=O) groups is 1. The van der Waals surface area contributed by atoms with Crippen LogP contribution in [0.15, 0.2) is 30.5 Å². The van der Waals surface area contributed by atoms with Crippen molar-refractivity contribution in [3.8, 4) is 11.5 Å². The van der Waals surface area contributed by atoms with E-state index in [4.69, 9.17) is 9.47 Å². The summed E-state index contributed by atoms with van der Waals surface area (Å²) in [6.45, 7) is 1.55. The van der Waals surface area contributed by atoms with E-state index in [0.717, 1.165) is 6.20 Å². The van der Waals surface area contributed by atoms with E-state index in [0.29, 0.717) is 54.3 Å². The number of hydrogen-bond acceptors (Lipinski definition) is 7. The van der Waals surface area contributed by atoms with Crippen LogP contribution in [0.5, 0.6) is 11.5 Å². The quantitative estimate of drug-likeness (QED) is 0.444. The van der Waals surface area contributed by atoms with Gasteiger partial charge in [0.1, 0.15) is 23.3 Å². The number of aromatic nitrogens is 2. The van der Waals surface area contributed by atoms with Gasteiger partial charge in [-0.3, -0.25) is 14.7 Å². The first-order valence-electron chi connectivity index (χ1n) is 11.7. The summed E-state index contributed by atoms with van der Waals surface area (Å²) in [6, 6.07) is 5.94. The number of amides is 1. The highest BCUT2D eigenvalue weighted by Gasteiger charge is 2.29. The zero-order chi connectivity index (χ0) is 25.2. The largest absolute Gasteiger partial charge is 0.497 e. The van der Waals surface area contributed by atoms with Gasteiger partial charge in [-0.15, -0.1) is 24.8 Å². The number of nitrogens with one attached hydrogen (secondary N) is 2. The Bertz CT molecular complexity index is 1300. The number of fused-ring (bicyclic) bond motifs is 2. The molecule has 0 bridgehead atoms. The lowest BCUT2D eigenvalue weighted by molar-refractivity contribution is -0.118. The topological polar surface area (TPSA) is 88.6 Å². The molecule has 13 heteroatoms. The highest BCUT2D eigenvalue weighted by atomic mass is 35.5. The Morgan fingerprint density at radius 1 is 1.24 bits per heavy atom. The van der Waals surface area contributed by atoms with Crippen molar-refractivity contribution in [2.24, 2.45) is 0 Å². The minimum atomic E-state index is -1.13. The van der Waals surface area contributed by atoms with Crippen molar-refractivity contribution < 1.29 is 27.4 Å². The molecule has 2 atom stereocenters. The molecular weight excluding hydrogens is 546 g/mol. The molecule has 2 N–H and O–H groups in total. The molecule has 2 aliphatic rings. The number of carbonyl (C=O) groups excluding carboxylic acids is 1. The van der Waals surface area contributed by atoms with Crippen LogP contribution in [-0.4, -0.2) is 66.3 Å². The normalized spacial score (nSPS) is 19.0. The Hall–Kier alpha value is -2.86. The zero-order valence-corrected chi connectivity index (χ0v) is 22.1. The summed E-state index contributed by atoms with van der Waals surface area (Å²) in [6.07, 6.45) is 0.743. The van der Waals surface area contributed by atoms with Gasteiger partial charge in [-0.2, -0.15) is 0 Å². The van der Waals surface area contributed by atoms with Crippen LogP contribution in [0.1, 0.15) is 17.7 Å². The lowest BCUT2D eigenvalue weighted by Crippen LogP contribution is -2.51. The van der Waals surface area contributed by atoms with E-state index in [2.05, 4.69) is 20.6 Å². The number of halogens is 5. The number of anilines is 1. The second kappa shape index (κ2) is 12.8. The molecule has 0 saturated carbocycles. The molecule has 3 aromatic rings. The monoisotopic (exact) mass is 573 g/mol. The third kappa shape index (κ3) is 6.40. The van der Waals surface area contributed by atoms with E-state index in [1.165, 1.54) is 13.2 Å². The summed E-state index contributed by atoms with van der Waals surface area (Å²) in [4.78, 5) is 21.7. The molecule has 0 aliphatic carbocycles. The minimum absolute atomic E-state index is 0. The van der Waals surface area contributed by atoms with E-state index >= 15 is 0 Å². The summed E-state index contributed by atoms with van der Waals surface area (Å²) in [5.41, 5.74) is 1.08. The first-order chi connectivity index (χ1) is 17.4. The maximum absolute atomic E-state index is 15.0. The number of benzene rings is 1. The third-order valence-electron chi connectivity index (χ3n) is 6.57. The van der Waals surface area contributed by atoms with E-state index in [1.54, 1.807) is 18.2 Å². The molecule has 1 amide bonds. The average Bonchev–Trinajstić information content (AvgIpc) is 2.87. The van der Waals surface area contributed by atoms with Crippen molar-refractivity contribution in [2.45, 2.75) is 31.6 Å². The van der Waals surface area contributed by atoms with Crippen molar-refractivity contribution >= 4 is 47.4 Å². The smallest absolute Gasteiger partial charge is 0.263 e. The lowest BCUT2D eigenvalue weighted by atomic mass is 10.0. The molecule has 0 radical (unpaired) electrons. The second-order valence-corrected chi connectivity index (χ2v) is 8.92. The first kappa shape index (κ1) is 29.7. The van der Waals surface area contributed by atoms with Gasteiger partial charge in [-0.25, -0.2) is 18.2 Å². The number of pyridine rings is 2. The third-order valence-corrected chi connectivity index (χ3v) is 6.57. The van der Waals surface area contributed by atoms with Crippen molar-refractivity contribution in [2.75, 3.05) is 38.7 Å². The van der Waals surface area contributed by atoms with Crippen LogP contribution in [0.2, 0.25) is 0 Å². The van der Waals surface area contributed by atoms with Gasteiger partial charge in [-0.1, -0.05) is 0 Å². The molecular formula is C25H28Cl2F3N5O3. The molecule has 2 aromatic heterocycles. The average molecular weight is 574 g/mol. The minimum Gasteiger partial charge on any atom is -0.497 e. The molecule has 206 valence electrons. The van der Waals surface area contributed by atoms with E-state index in [1.807, 2.05) is 4.90 Å². The Kier molecular flexibility index (Phi) is 10.00. The van der Waals surface area contributed by atoms with E-state index in [-0.39, 0.29) is 67.6 Å². The summed E-state index contributed by atoms with van der Waals surface area (Å²) in [5.74, 6) is -0.208. The summed E-state index contributed by atoms with van der Waals surface area (Å²) in [7, 11) is 1.42. The zero-order valence-electron chi connectivity index (χ0n) is 20.5. The second-order valence-electron chi connectivity index (χ2n) is 8.92. The molecule has 0 spiro atoms. The summed E-state index contributed by atoms with van der Waals surface area (Å²) < 4.78 is 54.4. The number of piperidine rings is 1. The predicted octanol–water partition coefficient (Wildman–Crippen LogP) is 3.84. The highest BCUT2D eigenvalue weighted by molar-refractivity contribution is 5.94. The van der Waals surface area contributed by atoms with Gasteiger partial charge in [0.2, 0.25) is 0 Å². The van der Waals surface area contributed by atoms with Gasteiger partial charge >= 0.3 is 0 Å². The van der Waals surface area contributed by atoms with Crippen LogP contribution in [-0.2, 0) is 17.8 Å². The Morgan fingerprint density at radius 3 is 2.82 bits per heavy atom. The molecule has 4 heterocycles. The molecule has 8 nitrogen and oxygen atoms in total. The summed E-state index contributed by atoms with van der Waals surface area (Å²) >= 11 is 0. The number of likely N-dealkylation sites (tertiary alicyclic amines) is 1. The Morgan fingerprint density at radius 2 is 2.05 bits per heavy atom. The van der Waals surface area contributed by atoms with Crippen molar-refractivity contribution in [1.29, 1.82) is 0 Å². The fourth-order valence-electron chi connectivity index (χ4n) is 4.64. The Balaban J connectivity index is 0.00000200. The van der Waals surface area contributed by atoms with Crippen LogP contribution in [0, 0.1) is 11.6 Å². The van der Waals surface area contributed by atoms with Crippen LogP contribution in [0.25, 0.3) is 10.9 Å². The molecule has 5 rings (SSSR count). The van der Waals surface area contributed by atoms with Gasteiger partial charge in [0.05, 0.1) is 19.0 Å². The van der Waals surface area contributed by atoms with Gasteiger partial charge in [0.15, 0.2) is 24.0 Å². The summed E-state index contributed by atoms with van der Waals surface area (Å²) in [5, 5.41) is 6.23.